The highest BCUT2D eigenvalue weighted by Crippen LogP contribution is 2.11. The number of aliphatic imine (C=N–C) groups is 1. The monoisotopic (exact) mass is 207 g/mol. The third-order valence-electron chi connectivity index (χ3n) is 1.95. The predicted molar refractivity (Wildman–Crippen MR) is 65.4 cm³/mol. The molecule has 1 aromatic heterocycles. The maximum absolute atomic E-state index is 4.27. The van der Waals surface area contributed by atoms with E-state index in [2.05, 4.69) is 42.4 Å². The molecule has 14 heavy (non-hydrogen) atoms. The molecule has 0 aliphatic heterocycles. The SMILES string of the molecule is CN=C(C=C(C)C)CCc1cccs1. The maximum atomic E-state index is 4.27. The van der Waals surface area contributed by atoms with Crippen molar-refractivity contribution in [2.24, 2.45) is 4.99 Å². The van der Waals surface area contributed by atoms with Gasteiger partial charge >= 0.3 is 0 Å². The van der Waals surface area contributed by atoms with Gasteiger partial charge in [-0.1, -0.05) is 11.6 Å². The minimum absolute atomic E-state index is 1.04. The standard InChI is InChI=1S/C12H17NS/c1-10(2)9-11(13-3)6-7-12-5-4-8-14-12/h4-5,8-9H,6-7H2,1-3H3. The lowest BCUT2D eigenvalue weighted by molar-refractivity contribution is 1.06. The molecule has 0 radical (unpaired) electrons. The van der Waals surface area contributed by atoms with E-state index < -0.39 is 0 Å². The summed E-state index contributed by atoms with van der Waals surface area (Å²) in [6, 6.07) is 4.28. The topological polar surface area (TPSA) is 12.4 Å². The summed E-state index contributed by atoms with van der Waals surface area (Å²) < 4.78 is 0. The molecule has 0 spiro atoms. The molecule has 0 saturated carbocycles. The number of rotatable bonds is 4. The molecule has 2 heteroatoms. The summed E-state index contributed by atoms with van der Waals surface area (Å²) in [4.78, 5) is 5.71. The Morgan fingerprint density at radius 1 is 1.50 bits per heavy atom. The Bertz CT molecular complexity index is 316. The van der Waals surface area contributed by atoms with Crippen LogP contribution in [0.15, 0.2) is 34.2 Å². The van der Waals surface area contributed by atoms with Gasteiger partial charge in [-0.15, -0.1) is 11.3 Å². The van der Waals surface area contributed by atoms with Gasteiger partial charge in [0.05, 0.1) is 0 Å². The van der Waals surface area contributed by atoms with Gasteiger partial charge in [0.2, 0.25) is 0 Å². The Balaban J connectivity index is 2.48. The van der Waals surface area contributed by atoms with Gasteiger partial charge in [0, 0.05) is 17.6 Å². The molecule has 0 atom stereocenters. The zero-order valence-corrected chi connectivity index (χ0v) is 9.90. The van der Waals surface area contributed by atoms with Crippen molar-refractivity contribution >= 4 is 17.0 Å². The molecule has 76 valence electrons. The molecule has 0 amide bonds. The lowest BCUT2D eigenvalue weighted by atomic mass is 10.1. The minimum atomic E-state index is 1.04. The summed E-state index contributed by atoms with van der Waals surface area (Å²) in [5, 5.41) is 2.12. The summed E-state index contributed by atoms with van der Waals surface area (Å²) in [6.07, 6.45) is 4.31. The molecule has 0 aliphatic carbocycles. The third-order valence-corrected chi connectivity index (χ3v) is 2.89. The summed E-state index contributed by atoms with van der Waals surface area (Å²) in [7, 11) is 1.86. The van der Waals surface area contributed by atoms with Crippen molar-refractivity contribution in [2.45, 2.75) is 26.7 Å². The highest BCUT2D eigenvalue weighted by molar-refractivity contribution is 7.09. The van der Waals surface area contributed by atoms with E-state index in [0.717, 1.165) is 12.8 Å². The largest absolute Gasteiger partial charge is 0.293 e. The summed E-state index contributed by atoms with van der Waals surface area (Å²) in [5.41, 5.74) is 2.51. The van der Waals surface area contributed by atoms with Crippen molar-refractivity contribution < 1.29 is 0 Å². The van der Waals surface area contributed by atoms with Gasteiger partial charge in [0.25, 0.3) is 0 Å². The first-order valence-electron chi connectivity index (χ1n) is 4.85. The van der Waals surface area contributed by atoms with E-state index >= 15 is 0 Å². The number of hydrogen-bond donors (Lipinski definition) is 0. The summed E-state index contributed by atoms with van der Waals surface area (Å²) >= 11 is 1.82. The van der Waals surface area contributed by atoms with E-state index in [1.54, 1.807) is 0 Å². The van der Waals surface area contributed by atoms with Crippen LogP contribution in [0.25, 0.3) is 0 Å². The molecule has 0 unspecified atom stereocenters. The van der Waals surface area contributed by atoms with Crippen molar-refractivity contribution in [3.05, 3.63) is 34.0 Å². The molecule has 1 heterocycles. The predicted octanol–water partition coefficient (Wildman–Crippen LogP) is 3.72. The van der Waals surface area contributed by atoms with Crippen molar-refractivity contribution in [3.8, 4) is 0 Å². The van der Waals surface area contributed by atoms with Gasteiger partial charge in [0.15, 0.2) is 0 Å². The van der Waals surface area contributed by atoms with Gasteiger partial charge in [0.1, 0.15) is 0 Å². The number of thiophene rings is 1. The lowest BCUT2D eigenvalue weighted by Crippen LogP contribution is -1.96. The molecule has 0 aliphatic rings. The molecular formula is C12H17NS. The van der Waals surface area contributed by atoms with E-state index in [1.165, 1.54) is 16.2 Å². The van der Waals surface area contributed by atoms with Crippen LogP contribution in [0.1, 0.15) is 25.1 Å². The van der Waals surface area contributed by atoms with Crippen LogP contribution in [0.5, 0.6) is 0 Å². The van der Waals surface area contributed by atoms with E-state index in [1.807, 2.05) is 18.4 Å². The average molecular weight is 207 g/mol. The molecule has 1 aromatic rings. The van der Waals surface area contributed by atoms with E-state index in [9.17, 15) is 0 Å². The van der Waals surface area contributed by atoms with E-state index in [0.29, 0.717) is 0 Å². The smallest absolute Gasteiger partial charge is 0.0347 e. The highest BCUT2D eigenvalue weighted by Gasteiger charge is 1.97. The Labute approximate surface area is 90.2 Å². The lowest BCUT2D eigenvalue weighted by Gasteiger charge is -1.99. The Morgan fingerprint density at radius 3 is 2.79 bits per heavy atom. The van der Waals surface area contributed by atoms with Gasteiger partial charge in [-0.25, -0.2) is 0 Å². The maximum Gasteiger partial charge on any atom is 0.0347 e. The minimum Gasteiger partial charge on any atom is -0.293 e. The Morgan fingerprint density at radius 2 is 2.29 bits per heavy atom. The zero-order valence-electron chi connectivity index (χ0n) is 9.08. The van der Waals surface area contributed by atoms with Crippen molar-refractivity contribution in [2.75, 3.05) is 7.05 Å². The molecule has 0 aromatic carbocycles. The van der Waals surface area contributed by atoms with E-state index in [4.69, 9.17) is 0 Å². The first kappa shape index (κ1) is 11.2. The molecule has 0 N–H and O–H groups in total. The van der Waals surface area contributed by atoms with Crippen LogP contribution >= 0.6 is 11.3 Å². The molecule has 0 bridgehead atoms. The van der Waals surface area contributed by atoms with Crippen LogP contribution in [-0.2, 0) is 6.42 Å². The summed E-state index contributed by atoms with van der Waals surface area (Å²) in [6.45, 7) is 4.21. The summed E-state index contributed by atoms with van der Waals surface area (Å²) in [5.74, 6) is 0. The Kier molecular flexibility index (Phi) is 4.60. The second kappa shape index (κ2) is 5.76. The quantitative estimate of drug-likeness (QED) is 0.667. The van der Waals surface area contributed by atoms with Crippen LogP contribution < -0.4 is 0 Å². The normalized spacial score (nSPS) is 11.5. The fourth-order valence-electron chi connectivity index (χ4n) is 1.29. The van der Waals surface area contributed by atoms with Crippen molar-refractivity contribution in [3.63, 3.8) is 0 Å². The zero-order chi connectivity index (χ0) is 10.4. The second-order valence-corrected chi connectivity index (χ2v) is 4.55. The highest BCUT2D eigenvalue weighted by atomic mass is 32.1. The third kappa shape index (κ3) is 3.88. The van der Waals surface area contributed by atoms with Crippen molar-refractivity contribution in [1.29, 1.82) is 0 Å². The Hall–Kier alpha value is -0.890. The van der Waals surface area contributed by atoms with Crippen molar-refractivity contribution in [1.82, 2.24) is 0 Å². The average Bonchev–Trinajstić information content (AvgIpc) is 2.64. The van der Waals surface area contributed by atoms with Crippen LogP contribution in [0.2, 0.25) is 0 Å². The van der Waals surface area contributed by atoms with Gasteiger partial charge in [-0.3, -0.25) is 4.99 Å². The fourth-order valence-corrected chi connectivity index (χ4v) is 2.00. The number of aryl methyl sites for hydroxylation is 1. The first-order valence-corrected chi connectivity index (χ1v) is 5.73. The van der Waals surface area contributed by atoms with Crippen LogP contribution in [0.4, 0.5) is 0 Å². The van der Waals surface area contributed by atoms with Crippen LogP contribution in [0, 0.1) is 0 Å². The molecule has 1 nitrogen and oxygen atoms in total. The van der Waals surface area contributed by atoms with Crippen LogP contribution in [0.3, 0.4) is 0 Å². The van der Waals surface area contributed by atoms with Crippen LogP contribution in [-0.4, -0.2) is 12.8 Å². The van der Waals surface area contributed by atoms with E-state index in [-0.39, 0.29) is 0 Å². The van der Waals surface area contributed by atoms with Gasteiger partial charge < -0.3 is 0 Å². The van der Waals surface area contributed by atoms with Gasteiger partial charge in [-0.2, -0.15) is 0 Å². The van der Waals surface area contributed by atoms with Gasteiger partial charge in [-0.05, 0) is 44.2 Å². The molecule has 0 fully saturated rings. The number of allylic oxidation sites excluding steroid dienone is 2. The first-order chi connectivity index (χ1) is 6.72. The number of hydrogen-bond acceptors (Lipinski definition) is 2. The molecule has 0 saturated heterocycles. The molecule has 1 rings (SSSR count). The fraction of sp³-hybridized carbons (Fsp3) is 0.417. The molecular weight excluding hydrogens is 190 g/mol. The second-order valence-electron chi connectivity index (χ2n) is 3.52. The number of nitrogens with zero attached hydrogens (tertiary/aromatic N) is 1.